The molecule has 3 rings (SSSR count). The zero-order chi connectivity index (χ0) is 17.3. The molecule has 0 aliphatic carbocycles. The molecule has 0 unspecified atom stereocenters. The Balaban J connectivity index is 1.96. The zero-order valence-corrected chi connectivity index (χ0v) is 14.0. The van der Waals surface area contributed by atoms with Crippen molar-refractivity contribution in [3.8, 4) is 5.75 Å². The Morgan fingerprint density at radius 2 is 2.08 bits per heavy atom. The second-order valence-electron chi connectivity index (χ2n) is 5.36. The number of nitrogens with zero attached hydrogens (tertiary/aromatic N) is 1. The van der Waals surface area contributed by atoms with E-state index in [1.165, 1.54) is 11.7 Å². The fraction of sp³-hybridized carbons (Fsp3) is 0.176. The summed E-state index contributed by atoms with van der Waals surface area (Å²) in [5.41, 5.74) is 1.06. The number of pyridine rings is 2. The Bertz CT molecular complexity index is 1020. The van der Waals surface area contributed by atoms with Gasteiger partial charge in [-0.15, -0.1) is 0 Å². The van der Waals surface area contributed by atoms with Crippen LogP contribution in [0, 0.1) is 0 Å². The van der Waals surface area contributed by atoms with Crippen molar-refractivity contribution in [3.63, 3.8) is 0 Å². The van der Waals surface area contributed by atoms with Crippen LogP contribution in [0.5, 0.6) is 5.75 Å². The van der Waals surface area contributed by atoms with E-state index in [4.69, 9.17) is 16.3 Å². The van der Waals surface area contributed by atoms with Crippen LogP contribution in [0.2, 0.25) is 5.02 Å². The van der Waals surface area contributed by atoms with Crippen LogP contribution in [-0.2, 0) is 13.6 Å². The number of H-pyrrole nitrogens is 1. The number of anilines is 1. The van der Waals surface area contributed by atoms with Gasteiger partial charge in [0, 0.05) is 30.7 Å². The Kier molecular flexibility index (Phi) is 4.31. The van der Waals surface area contributed by atoms with Crippen molar-refractivity contribution in [2.24, 2.45) is 7.05 Å². The summed E-state index contributed by atoms with van der Waals surface area (Å²) < 4.78 is 6.62. The SMILES string of the molecule is COc1ccc2cc(CNc3cccn(C)c3=O)c(=O)[nH]c2c1Cl. The predicted octanol–water partition coefficient (Wildman–Crippen LogP) is 2.50. The van der Waals surface area contributed by atoms with Gasteiger partial charge < -0.3 is 19.6 Å². The maximum atomic E-state index is 12.3. The van der Waals surface area contributed by atoms with E-state index < -0.39 is 0 Å². The van der Waals surface area contributed by atoms with Gasteiger partial charge >= 0.3 is 0 Å². The lowest BCUT2D eigenvalue weighted by Crippen LogP contribution is -2.22. The fourth-order valence-electron chi connectivity index (χ4n) is 2.48. The number of fused-ring (bicyclic) bond motifs is 1. The third kappa shape index (κ3) is 2.88. The summed E-state index contributed by atoms with van der Waals surface area (Å²) in [5.74, 6) is 0.499. The van der Waals surface area contributed by atoms with Crippen LogP contribution < -0.4 is 21.2 Å². The lowest BCUT2D eigenvalue weighted by Gasteiger charge is -2.09. The maximum absolute atomic E-state index is 12.3. The minimum Gasteiger partial charge on any atom is -0.495 e. The van der Waals surface area contributed by atoms with Crippen LogP contribution >= 0.6 is 11.6 Å². The number of hydrogen-bond acceptors (Lipinski definition) is 4. The van der Waals surface area contributed by atoms with E-state index in [9.17, 15) is 9.59 Å². The Labute approximate surface area is 142 Å². The number of benzene rings is 1. The van der Waals surface area contributed by atoms with Gasteiger partial charge in [0.1, 0.15) is 16.5 Å². The summed E-state index contributed by atoms with van der Waals surface area (Å²) >= 11 is 6.22. The molecule has 2 N–H and O–H groups in total. The van der Waals surface area contributed by atoms with Gasteiger partial charge in [-0.2, -0.15) is 0 Å². The quantitative estimate of drug-likeness (QED) is 0.761. The second kappa shape index (κ2) is 6.41. The number of rotatable bonds is 4. The molecule has 0 radical (unpaired) electrons. The summed E-state index contributed by atoms with van der Waals surface area (Å²) in [7, 11) is 3.19. The van der Waals surface area contributed by atoms with Gasteiger partial charge in [0.25, 0.3) is 11.1 Å². The third-order valence-corrected chi connectivity index (χ3v) is 4.19. The van der Waals surface area contributed by atoms with Gasteiger partial charge in [-0.05, 0) is 30.3 Å². The zero-order valence-electron chi connectivity index (χ0n) is 13.2. The van der Waals surface area contributed by atoms with Crippen molar-refractivity contribution in [2.45, 2.75) is 6.54 Å². The molecule has 0 aliphatic heterocycles. The molecule has 0 aliphatic rings. The van der Waals surface area contributed by atoms with Gasteiger partial charge in [-0.3, -0.25) is 9.59 Å². The highest BCUT2D eigenvalue weighted by Gasteiger charge is 2.10. The van der Waals surface area contributed by atoms with Crippen LogP contribution in [0.25, 0.3) is 10.9 Å². The number of methoxy groups -OCH3 is 1. The number of hydrogen-bond donors (Lipinski definition) is 2. The highest BCUT2D eigenvalue weighted by atomic mass is 35.5. The van der Waals surface area contributed by atoms with E-state index in [0.29, 0.717) is 27.5 Å². The maximum Gasteiger partial charge on any atom is 0.273 e. The standard InChI is InChI=1S/C17H16ClN3O3/c1-21-7-3-4-12(17(21)23)19-9-11-8-10-5-6-13(24-2)14(18)15(10)20-16(11)22/h3-8,19H,9H2,1-2H3,(H,20,22). The molecule has 124 valence electrons. The van der Waals surface area contributed by atoms with Gasteiger partial charge in [-0.25, -0.2) is 0 Å². The molecule has 3 aromatic rings. The minimum atomic E-state index is -0.266. The largest absolute Gasteiger partial charge is 0.495 e. The fourth-order valence-corrected chi connectivity index (χ4v) is 2.77. The van der Waals surface area contributed by atoms with Crippen LogP contribution in [-0.4, -0.2) is 16.7 Å². The van der Waals surface area contributed by atoms with E-state index in [0.717, 1.165) is 5.39 Å². The molecule has 2 aromatic heterocycles. The van der Waals surface area contributed by atoms with Crippen molar-refractivity contribution in [3.05, 3.63) is 67.8 Å². The van der Waals surface area contributed by atoms with E-state index in [1.54, 1.807) is 37.5 Å². The average molecular weight is 346 g/mol. The van der Waals surface area contributed by atoms with Crippen LogP contribution in [0.15, 0.2) is 46.1 Å². The Hall–Kier alpha value is -2.73. The van der Waals surface area contributed by atoms with Crippen LogP contribution in [0.1, 0.15) is 5.56 Å². The Morgan fingerprint density at radius 1 is 1.29 bits per heavy atom. The minimum absolute atomic E-state index is 0.150. The van der Waals surface area contributed by atoms with E-state index in [1.807, 2.05) is 6.07 Å². The molecule has 0 amide bonds. The van der Waals surface area contributed by atoms with Crippen molar-refractivity contribution in [1.29, 1.82) is 0 Å². The van der Waals surface area contributed by atoms with Gasteiger partial charge in [0.05, 0.1) is 12.6 Å². The monoisotopic (exact) mass is 345 g/mol. The first kappa shape index (κ1) is 16.1. The molecule has 0 bridgehead atoms. The normalized spacial score (nSPS) is 10.8. The molecule has 0 fully saturated rings. The third-order valence-electron chi connectivity index (χ3n) is 3.81. The molecule has 7 heteroatoms. The van der Waals surface area contributed by atoms with E-state index in [2.05, 4.69) is 10.3 Å². The summed E-state index contributed by atoms with van der Waals surface area (Å²) in [5, 5.41) is 4.16. The predicted molar refractivity (Wildman–Crippen MR) is 95.1 cm³/mol. The van der Waals surface area contributed by atoms with Crippen molar-refractivity contribution >= 4 is 28.2 Å². The molecule has 24 heavy (non-hydrogen) atoms. The van der Waals surface area contributed by atoms with E-state index >= 15 is 0 Å². The van der Waals surface area contributed by atoms with E-state index in [-0.39, 0.29) is 17.7 Å². The average Bonchev–Trinajstić information content (AvgIpc) is 2.57. The Morgan fingerprint density at radius 3 is 2.83 bits per heavy atom. The van der Waals surface area contributed by atoms with Crippen LogP contribution in [0.4, 0.5) is 5.69 Å². The summed E-state index contributed by atoms with van der Waals surface area (Å²) in [6, 6.07) is 8.76. The number of aryl methyl sites for hydroxylation is 1. The molecule has 0 saturated heterocycles. The second-order valence-corrected chi connectivity index (χ2v) is 5.74. The molecule has 0 spiro atoms. The molecule has 1 aromatic carbocycles. The molecule has 0 saturated carbocycles. The smallest absolute Gasteiger partial charge is 0.273 e. The summed E-state index contributed by atoms with van der Waals surface area (Å²) in [6.07, 6.45) is 1.67. The van der Waals surface area contributed by atoms with Crippen molar-refractivity contribution in [1.82, 2.24) is 9.55 Å². The first-order valence-electron chi connectivity index (χ1n) is 7.29. The molecule has 2 heterocycles. The molecular formula is C17H16ClN3O3. The first-order valence-corrected chi connectivity index (χ1v) is 7.67. The topological polar surface area (TPSA) is 76.1 Å². The highest BCUT2D eigenvalue weighted by Crippen LogP contribution is 2.30. The highest BCUT2D eigenvalue weighted by molar-refractivity contribution is 6.36. The molecule has 0 atom stereocenters. The first-order chi connectivity index (χ1) is 11.5. The molecular weight excluding hydrogens is 330 g/mol. The number of halogens is 1. The number of aromatic amines is 1. The van der Waals surface area contributed by atoms with Crippen molar-refractivity contribution in [2.75, 3.05) is 12.4 Å². The number of nitrogens with one attached hydrogen (secondary N) is 2. The number of aromatic nitrogens is 2. The number of ether oxygens (including phenoxy) is 1. The van der Waals surface area contributed by atoms with Crippen molar-refractivity contribution < 1.29 is 4.74 Å². The van der Waals surface area contributed by atoms with Gasteiger partial charge in [0.2, 0.25) is 0 Å². The van der Waals surface area contributed by atoms with Gasteiger partial charge in [0.15, 0.2) is 0 Å². The van der Waals surface area contributed by atoms with Crippen LogP contribution in [0.3, 0.4) is 0 Å². The lowest BCUT2D eigenvalue weighted by atomic mass is 10.1. The lowest BCUT2D eigenvalue weighted by molar-refractivity contribution is 0.415. The summed E-state index contributed by atoms with van der Waals surface area (Å²) in [6.45, 7) is 0.230. The van der Waals surface area contributed by atoms with Gasteiger partial charge in [-0.1, -0.05) is 11.6 Å². The summed E-state index contributed by atoms with van der Waals surface area (Å²) in [4.78, 5) is 27.0. The molecule has 6 nitrogen and oxygen atoms in total.